The summed E-state index contributed by atoms with van der Waals surface area (Å²) >= 11 is 2.88. The quantitative estimate of drug-likeness (QED) is 0.153. The van der Waals surface area contributed by atoms with E-state index < -0.39 is 0 Å². The Balaban J connectivity index is 1.29. The molecule has 5 rings (SSSR count). The average Bonchev–Trinajstić information content (AvgIpc) is 3.62. The van der Waals surface area contributed by atoms with Crippen molar-refractivity contribution < 1.29 is 19.0 Å². The number of nitrogen functional groups attached to an aromatic ring is 1. The number of carbonyl (C=O) groups is 1. The van der Waals surface area contributed by atoms with Gasteiger partial charge < -0.3 is 30.6 Å². The minimum absolute atomic E-state index is 0.0328. The molecule has 5 aromatic rings. The molecule has 1 amide bonds. The van der Waals surface area contributed by atoms with Gasteiger partial charge in [-0.3, -0.25) is 4.79 Å². The summed E-state index contributed by atoms with van der Waals surface area (Å²) in [6.07, 6.45) is 1.10. The van der Waals surface area contributed by atoms with E-state index in [1.807, 2.05) is 60.0 Å². The molecule has 2 aromatic heterocycles. The highest BCUT2D eigenvalue weighted by Gasteiger charge is 2.18. The van der Waals surface area contributed by atoms with Gasteiger partial charge in [-0.25, -0.2) is 9.97 Å². The van der Waals surface area contributed by atoms with Gasteiger partial charge in [-0.15, -0.1) is 11.3 Å². The molecule has 41 heavy (non-hydrogen) atoms. The van der Waals surface area contributed by atoms with Crippen LogP contribution in [-0.4, -0.2) is 37.2 Å². The fraction of sp³-hybridized carbons (Fsp3) is 0.167. The van der Waals surface area contributed by atoms with Crippen LogP contribution in [0.3, 0.4) is 0 Å². The van der Waals surface area contributed by atoms with Gasteiger partial charge in [-0.1, -0.05) is 53.8 Å². The highest BCUT2D eigenvalue weighted by Crippen LogP contribution is 2.43. The topological polar surface area (TPSA) is 121 Å². The first-order chi connectivity index (χ1) is 20.0. The van der Waals surface area contributed by atoms with Crippen LogP contribution in [-0.2, 0) is 11.2 Å². The minimum Gasteiger partial charge on any atom is -0.493 e. The Morgan fingerprint density at radius 1 is 0.902 bits per heavy atom. The Morgan fingerprint density at radius 3 is 2.37 bits per heavy atom. The van der Waals surface area contributed by atoms with Crippen molar-refractivity contribution in [1.29, 1.82) is 0 Å². The smallest absolute Gasteiger partial charge is 0.224 e. The number of anilines is 4. The van der Waals surface area contributed by atoms with Gasteiger partial charge in [-0.05, 0) is 24.1 Å². The Kier molecular flexibility index (Phi) is 8.66. The zero-order valence-electron chi connectivity index (χ0n) is 22.8. The minimum atomic E-state index is -0.0328. The number of rotatable bonds is 11. The SMILES string of the molecule is COc1cc(Nc2nc(N)c(-c3nc(-c4cccc(NC(=O)CCc5ccccc5)c4)cs3)s2)cc(OC)c1OC. The average molecular weight is 588 g/mol. The van der Waals surface area contributed by atoms with E-state index in [-0.39, 0.29) is 5.91 Å². The Labute approximate surface area is 246 Å². The van der Waals surface area contributed by atoms with Gasteiger partial charge in [0.05, 0.1) is 27.0 Å². The lowest BCUT2D eigenvalue weighted by molar-refractivity contribution is -0.116. The van der Waals surface area contributed by atoms with Crippen LogP contribution in [0, 0.1) is 0 Å². The molecule has 9 nitrogen and oxygen atoms in total. The summed E-state index contributed by atoms with van der Waals surface area (Å²) in [7, 11) is 4.69. The number of carbonyl (C=O) groups excluding carboxylic acids is 1. The van der Waals surface area contributed by atoms with E-state index in [9.17, 15) is 4.79 Å². The van der Waals surface area contributed by atoms with Gasteiger partial charge in [0.1, 0.15) is 15.7 Å². The van der Waals surface area contributed by atoms with Crippen molar-refractivity contribution in [2.45, 2.75) is 12.8 Å². The van der Waals surface area contributed by atoms with E-state index >= 15 is 0 Å². The maximum absolute atomic E-state index is 12.5. The molecular weight excluding hydrogens is 558 g/mol. The van der Waals surface area contributed by atoms with Crippen molar-refractivity contribution in [2.75, 3.05) is 37.7 Å². The molecule has 0 unspecified atom stereocenters. The standard InChI is InChI=1S/C30H29N5O4S2/c1-37-23-15-21(16-24(38-2)26(23)39-3)33-30-35-28(31)27(41-30)29-34-22(17-40-29)19-10-7-11-20(14-19)32-25(36)13-12-18-8-5-4-6-9-18/h4-11,14-17H,12-13,31H2,1-3H3,(H,32,36)(H,33,35). The Bertz CT molecular complexity index is 1630. The van der Waals surface area contributed by atoms with Gasteiger partial charge in [0.2, 0.25) is 11.7 Å². The first-order valence-electron chi connectivity index (χ1n) is 12.7. The van der Waals surface area contributed by atoms with Gasteiger partial charge in [0.25, 0.3) is 0 Å². The lowest BCUT2D eigenvalue weighted by Gasteiger charge is -2.14. The molecule has 0 bridgehead atoms. The molecular formula is C30H29N5O4S2. The number of benzene rings is 3. The number of nitrogens with two attached hydrogens (primary N) is 1. The molecule has 0 spiro atoms. The molecule has 0 aliphatic rings. The number of ether oxygens (including phenoxy) is 3. The number of hydrogen-bond acceptors (Lipinski definition) is 10. The maximum atomic E-state index is 12.5. The third-order valence-corrected chi connectivity index (χ3v) is 8.18. The molecule has 0 fully saturated rings. The van der Waals surface area contributed by atoms with E-state index in [2.05, 4.69) is 15.6 Å². The predicted octanol–water partition coefficient (Wildman–Crippen LogP) is 6.86. The Hall–Kier alpha value is -4.61. The highest BCUT2D eigenvalue weighted by molar-refractivity contribution is 7.23. The van der Waals surface area contributed by atoms with Crippen molar-refractivity contribution >= 4 is 50.9 Å². The zero-order valence-corrected chi connectivity index (χ0v) is 24.4. The predicted molar refractivity (Wildman–Crippen MR) is 166 cm³/mol. The van der Waals surface area contributed by atoms with Crippen LogP contribution in [0.15, 0.2) is 72.1 Å². The normalized spacial score (nSPS) is 10.7. The van der Waals surface area contributed by atoms with E-state index in [4.69, 9.17) is 24.9 Å². The van der Waals surface area contributed by atoms with Crippen molar-refractivity contribution in [2.24, 2.45) is 0 Å². The number of aryl methyl sites for hydroxylation is 1. The van der Waals surface area contributed by atoms with E-state index in [1.54, 1.807) is 33.5 Å². The number of thiazole rings is 2. The van der Waals surface area contributed by atoms with E-state index in [0.717, 1.165) is 32.4 Å². The highest BCUT2D eigenvalue weighted by atomic mass is 32.1. The summed E-state index contributed by atoms with van der Waals surface area (Å²) in [4.78, 5) is 22.6. The second kappa shape index (κ2) is 12.7. The molecule has 0 aliphatic carbocycles. The lowest BCUT2D eigenvalue weighted by Crippen LogP contribution is -2.12. The van der Waals surface area contributed by atoms with E-state index in [0.29, 0.717) is 46.7 Å². The monoisotopic (exact) mass is 587 g/mol. The van der Waals surface area contributed by atoms with Crippen LogP contribution >= 0.6 is 22.7 Å². The third kappa shape index (κ3) is 6.59. The van der Waals surface area contributed by atoms with Crippen molar-refractivity contribution in [3.63, 3.8) is 0 Å². The summed E-state index contributed by atoms with van der Waals surface area (Å²) in [5.41, 5.74) is 10.5. The Morgan fingerprint density at radius 2 is 1.66 bits per heavy atom. The molecule has 0 atom stereocenters. The van der Waals surface area contributed by atoms with Crippen LogP contribution in [0.5, 0.6) is 17.2 Å². The van der Waals surface area contributed by atoms with Crippen LogP contribution in [0.25, 0.3) is 21.1 Å². The third-order valence-electron chi connectivity index (χ3n) is 6.19. The molecule has 3 aromatic carbocycles. The van der Waals surface area contributed by atoms with Crippen LogP contribution in [0.1, 0.15) is 12.0 Å². The number of methoxy groups -OCH3 is 3. The summed E-state index contributed by atoms with van der Waals surface area (Å²) in [6, 6.07) is 21.2. The molecule has 0 saturated carbocycles. The van der Waals surface area contributed by atoms with Crippen LogP contribution in [0.4, 0.5) is 22.3 Å². The van der Waals surface area contributed by atoms with Gasteiger partial charge in [0.15, 0.2) is 16.6 Å². The second-order valence-corrected chi connectivity index (χ2v) is 10.8. The van der Waals surface area contributed by atoms with Crippen molar-refractivity contribution in [3.8, 4) is 38.4 Å². The van der Waals surface area contributed by atoms with Gasteiger partial charge in [-0.2, -0.15) is 0 Å². The first-order valence-corrected chi connectivity index (χ1v) is 14.4. The number of aromatic nitrogens is 2. The second-order valence-electron chi connectivity index (χ2n) is 8.92. The summed E-state index contributed by atoms with van der Waals surface area (Å²) in [6.45, 7) is 0. The number of nitrogens with zero attached hydrogens (tertiary/aromatic N) is 2. The first kappa shape index (κ1) is 27.9. The van der Waals surface area contributed by atoms with Gasteiger partial charge in [0, 0.05) is 40.9 Å². The van der Waals surface area contributed by atoms with Crippen LogP contribution in [0.2, 0.25) is 0 Å². The summed E-state index contributed by atoms with van der Waals surface area (Å²) in [5.74, 6) is 1.90. The summed E-state index contributed by atoms with van der Waals surface area (Å²) in [5, 5.41) is 9.59. The van der Waals surface area contributed by atoms with Gasteiger partial charge >= 0.3 is 0 Å². The fourth-order valence-electron chi connectivity index (χ4n) is 4.21. The molecule has 210 valence electrons. The molecule has 0 saturated heterocycles. The number of hydrogen-bond donors (Lipinski definition) is 3. The van der Waals surface area contributed by atoms with Crippen molar-refractivity contribution in [1.82, 2.24) is 9.97 Å². The summed E-state index contributed by atoms with van der Waals surface area (Å²) < 4.78 is 16.3. The molecule has 4 N–H and O–H groups in total. The molecule has 11 heteroatoms. The van der Waals surface area contributed by atoms with Crippen molar-refractivity contribution in [3.05, 3.63) is 77.7 Å². The number of amides is 1. The van der Waals surface area contributed by atoms with E-state index in [1.165, 1.54) is 22.7 Å². The molecule has 0 aliphatic heterocycles. The van der Waals surface area contributed by atoms with Crippen LogP contribution < -0.4 is 30.6 Å². The molecule has 2 heterocycles. The largest absolute Gasteiger partial charge is 0.493 e. The maximum Gasteiger partial charge on any atom is 0.224 e. The number of nitrogens with one attached hydrogen (secondary N) is 2. The fourth-order valence-corrected chi connectivity index (χ4v) is 6.04. The molecule has 0 radical (unpaired) electrons. The lowest BCUT2D eigenvalue weighted by atomic mass is 10.1. The zero-order chi connectivity index (χ0) is 28.8.